The van der Waals surface area contributed by atoms with Crippen LogP contribution in [-0.2, 0) is 42.9 Å². The maximum atomic E-state index is 12.4. The van der Waals surface area contributed by atoms with Gasteiger partial charge < -0.3 is 28.8 Å². The maximum Gasteiger partial charge on any atom is 0.347 e. The topological polar surface area (TPSA) is 135 Å². The number of carbonyl (C=O) groups excluding carboxylic acids is 4. The van der Waals surface area contributed by atoms with Crippen molar-refractivity contribution in [1.29, 1.82) is 0 Å². The molecule has 6 aliphatic rings. The summed E-state index contributed by atoms with van der Waals surface area (Å²) in [6, 6.07) is 0. The molecule has 4 bridgehead atoms. The maximum absolute atomic E-state index is 12.4. The van der Waals surface area contributed by atoms with Gasteiger partial charge in [0.2, 0.25) is 12.4 Å². The van der Waals surface area contributed by atoms with Crippen molar-refractivity contribution in [2.24, 2.45) is 28.1 Å². The second-order valence-electron chi connectivity index (χ2n) is 16.6. The number of aliphatic hydroxyl groups is 1. The fourth-order valence-electron chi connectivity index (χ4n) is 6.90. The molecule has 0 spiro atoms. The van der Waals surface area contributed by atoms with Crippen molar-refractivity contribution < 1.29 is 48.0 Å². The van der Waals surface area contributed by atoms with Crippen LogP contribution < -0.4 is 0 Å². The molecule has 48 heavy (non-hydrogen) atoms. The molecule has 2 heterocycles. The zero-order valence-electron chi connectivity index (χ0n) is 31.1. The van der Waals surface area contributed by atoms with Gasteiger partial charge in [0.1, 0.15) is 5.60 Å². The Labute approximate surface area is 292 Å². The highest BCUT2D eigenvalue weighted by Gasteiger charge is 2.59. The van der Waals surface area contributed by atoms with E-state index in [4.69, 9.17) is 23.7 Å². The molecule has 5 atom stereocenters. The Hall–Kier alpha value is -1.85. The van der Waals surface area contributed by atoms with Crippen molar-refractivity contribution in [1.82, 2.24) is 0 Å². The van der Waals surface area contributed by atoms with Crippen molar-refractivity contribution in [2.45, 2.75) is 163 Å². The summed E-state index contributed by atoms with van der Waals surface area (Å²) in [7, 11) is 0. The fraction of sp³-hybridized carbons (Fsp3) is 0.892. The highest BCUT2D eigenvalue weighted by atomic mass is 32.2. The predicted octanol–water partition coefficient (Wildman–Crippen LogP) is 6.77. The van der Waals surface area contributed by atoms with Crippen LogP contribution in [0.15, 0.2) is 0 Å². The molecule has 276 valence electrons. The van der Waals surface area contributed by atoms with Gasteiger partial charge in [-0.05, 0) is 112 Å². The van der Waals surface area contributed by atoms with Crippen LogP contribution in [0.5, 0.6) is 0 Å². The molecule has 6 fully saturated rings. The summed E-state index contributed by atoms with van der Waals surface area (Å²) in [6.45, 7) is 19.6. The van der Waals surface area contributed by atoms with Gasteiger partial charge >= 0.3 is 23.9 Å². The van der Waals surface area contributed by atoms with Gasteiger partial charge in [0.15, 0.2) is 0 Å². The van der Waals surface area contributed by atoms with Crippen LogP contribution in [0.2, 0.25) is 0 Å². The number of ether oxygens (including phenoxy) is 5. The number of carbonyl (C=O) groups is 4. The van der Waals surface area contributed by atoms with E-state index in [9.17, 15) is 24.3 Å². The second-order valence-corrected chi connectivity index (χ2v) is 17.7. The number of thioether (sulfide) groups is 1. The Kier molecular flexibility index (Phi) is 13.5. The molecule has 0 radical (unpaired) electrons. The summed E-state index contributed by atoms with van der Waals surface area (Å²) < 4.78 is 26.6. The van der Waals surface area contributed by atoms with Crippen molar-refractivity contribution in [2.75, 3.05) is 18.1 Å². The number of hydrogen-bond acceptors (Lipinski definition) is 11. The van der Waals surface area contributed by atoms with E-state index in [1.54, 1.807) is 25.6 Å². The van der Waals surface area contributed by atoms with Crippen LogP contribution in [0.3, 0.4) is 0 Å². The summed E-state index contributed by atoms with van der Waals surface area (Å²) in [5, 5.41) is 10.6. The second kappa shape index (κ2) is 16.0. The summed E-state index contributed by atoms with van der Waals surface area (Å²) in [5.74, 6) is 1.84. The molecule has 11 heteroatoms. The van der Waals surface area contributed by atoms with Crippen LogP contribution in [0.4, 0.5) is 0 Å². The number of rotatable bonds is 9. The molecule has 0 aromatic carbocycles. The minimum absolute atomic E-state index is 0.0828. The van der Waals surface area contributed by atoms with Gasteiger partial charge in [-0.25, -0.2) is 4.79 Å². The van der Waals surface area contributed by atoms with E-state index in [0.29, 0.717) is 37.7 Å². The summed E-state index contributed by atoms with van der Waals surface area (Å²) in [6.07, 6.45) is 7.51. The first-order chi connectivity index (χ1) is 22.2. The zero-order chi connectivity index (χ0) is 36.1. The van der Waals surface area contributed by atoms with Crippen molar-refractivity contribution in [3.8, 4) is 0 Å². The molecular formula is C37H62O10S. The van der Waals surface area contributed by atoms with E-state index in [-0.39, 0.29) is 35.9 Å². The lowest BCUT2D eigenvalue weighted by Crippen LogP contribution is -2.61. The monoisotopic (exact) mass is 698 g/mol. The van der Waals surface area contributed by atoms with Gasteiger partial charge in [0, 0.05) is 18.6 Å². The van der Waals surface area contributed by atoms with Crippen LogP contribution in [-0.4, -0.2) is 76.8 Å². The van der Waals surface area contributed by atoms with E-state index in [1.807, 2.05) is 55.4 Å². The molecule has 1 N–H and O–H groups in total. The van der Waals surface area contributed by atoms with Crippen LogP contribution in [0, 0.1) is 28.1 Å². The fourth-order valence-corrected chi connectivity index (χ4v) is 7.79. The third kappa shape index (κ3) is 10.6. The molecule has 0 amide bonds. The Morgan fingerprint density at radius 3 is 1.81 bits per heavy atom. The van der Waals surface area contributed by atoms with Crippen LogP contribution in [0.25, 0.3) is 0 Å². The molecule has 0 aromatic heterocycles. The van der Waals surface area contributed by atoms with Crippen molar-refractivity contribution in [3.63, 3.8) is 0 Å². The Morgan fingerprint density at radius 1 is 0.833 bits per heavy atom. The summed E-state index contributed by atoms with van der Waals surface area (Å²) in [4.78, 5) is 46.7. The molecule has 4 saturated carbocycles. The van der Waals surface area contributed by atoms with E-state index >= 15 is 0 Å². The van der Waals surface area contributed by atoms with Gasteiger partial charge in [-0.3, -0.25) is 14.4 Å². The summed E-state index contributed by atoms with van der Waals surface area (Å²) in [5.41, 5.74) is -2.26. The minimum Gasteiger partial charge on any atom is -0.463 e. The molecule has 5 unspecified atom stereocenters. The minimum atomic E-state index is -0.687. The third-order valence-corrected chi connectivity index (χ3v) is 12.2. The Balaban J connectivity index is 0.000000199. The average molecular weight is 699 g/mol. The Bertz CT molecular complexity index is 1130. The standard InChI is InChI=1S/C16H26O3.C11H20O3S.C10H16O4/c1-4-14(2,3)13(17)19-16-8-11-5-12(9-16)7-15(18,6-11)10-16;1-5-11(3,4)10(12)14-9-7-15-6-8(2)13-9;1-4-10(2,3)9(12)14-7-5-6-13-8(7)11/h11-12,18H,4-10H2,1-3H3;8-9H,5-7H2,1-4H3;7H,4-6H2,1-3H3. The van der Waals surface area contributed by atoms with E-state index < -0.39 is 33.9 Å². The summed E-state index contributed by atoms with van der Waals surface area (Å²) >= 11 is 1.77. The average Bonchev–Trinajstić information content (AvgIpc) is 3.40. The molecule has 2 saturated heterocycles. The SMILES string of the molecule is CCC(C)(C)C(=O)OC12CC3CC(CC(O)(C3)C1)C2.CCC(C)(C)C(=O)OC1CCOC1=O.CCC(C)(C)C(=O)OC1CSCC(C)O1. The number of cyclic esters (lactones) is 1. The molecule has 2 aliphatic heterocycles. The first-order valence-electron chi connectivity index (χ1n) is 18.0. The van der Waals surface area contributed by atoms with Crippen LogP contribution in [0.1, 0.15) is 133 Å². The molecular weight excluding hydrogens is 636 g/mol. The lowest BCUT2D eigenvalue weighted by atomic mass is 9.52. The van der Waals surface area contributed by atoms with Gasteiger partial charge in [-0.15, -0.1) is 0 Å². The van der Waals surface area contributed by atoms with Gasteiger partial charge in [-0.2, -0.15) is 11.8 Å². The molecule has 10 nitrogen and oxygen atoms in total. The molecule has 0 aromatic rings. The van der Waals surface area contributed by atoms with E-state index in [2.05, 4.69) is 0 Å². The lowest BCUT2D eigenvalue weighted by Gasteiger charge is -2.59. The smallest absolute Gasteiger partial charge is 0.347 e. The normalized spacial score (nSPS) is 32.6. The van der Waals surface area contributed by atoms with Crippen molar-refractivity contribution in [3.05, 3.63) is 0 Å². The Morgan fingerprint density at radius 2 is 1.35 bits per heavy atom. The van der Waals surface area contributed by atoms with Crippen molar-refractivity contribution >= 4 is 35.6 Å². The van der Waals surface area contributed by atoms with Gasteiger partial charge in [-0.1, -0.05) is 20.8 Å². The predicted molar refractivity (Wildman–Crippen MR) is 184 cm³/mol. The quantitative estimate of drug-likeness (QED) is 0.202. The number of esters is 4. The zero-order valence-corrected chi connectivity index (χ0v) is 31.9. The van der Waals surface area contributed by atoms with E-state index in [0.717, 1.165) is 50.0 Å². The highest BCUT2D eigenvalue weighted by Crippen LogP contribution is 2.59. The third-order valence-electron chi connectivity index (χ3n) is 11.0. The highest BCUT2D eigenvalue weighted by molar-refractivity contribution is 7.99. The van der Waals surface area contributed by atoms with Crippen LogP contribution >= 0.6 is 11.8 Å². The lowest BCUT2D eigenvalue weighted by molar-refractivity contribution is -0.225. The molecule has 4 aliphatic carbocycles. The largest absolute Gasteiger partial charge is 0.463 e. The molecule has 6 rings (SSSR count). The van der Waals surface area contributed by atoms with Gasteiger partial charge in [0.05, 0.1) is 40.3 Å². The van der Waals surface area contributed by atoms with E-state index in [1.165, 1.54) is 6.42 Å². The first kappa shape index (κ1) is 40.6. The number of hydrogen-bond donors (Lipinski definition) is 1. The van der Waals surface area contributed by atoms with Gasteiger partial charge in [0.25, 0.3) is 0 Å². The first-order valence-corrected chi connectivity index (χ1v) is 19.1.